The van der Waals surface area contributed by atoms with E-state index in [0.29, 0.717) is 17.2 Å². The van der Waals surface area contributed by atoms with Crippen molar-refractivity contribution in [1.82, 2.24) is 10.2 Å². The van der Waals surface area contributed by atoms with Crippen molar-refractivity contribution in [3.8, 4) is 0 Å². The Morgan fingerprint density at radius 1 is 1.27 bits per heavy atom. The van der Waals surface area contributed by atoms with Crippen molar-refractivity contribution in [2.75, 3.05) is 26.1 Å². The van der Waals surface area contributed by atoms with Gasteiger partial charge in [-0.2, -0.15) is 11.8 Å². The van der Waals surface area contributed by atoms with Gasteiger partial charge in [-0.05, 0) is 43.6 Å². The maximum absolute atomic E-state index is 12.5. The lowest BCUT2D eigenvalue weighted by Crippen LogP contribution is -2.45. The summed E-state index contributed by atoms with van der Waals surface area (Å²) in [4.78, 5) is 38.1. The van der Waals surface area contributed by atoms with E-state index in [0.717, 1.165) is 0 Å². The Hall–Kier alpha value is -1.44. The van der Waals surface area contributed by atoms with Crippen LogP contribution in [0, 0.1) is 0 Å². The fraction of sp³-hybridized carbons (Fsp3) is 0.471. The van der Waals surface area contributed by atoms with E-state index in [2.05, 4.69) is 5.32 Å². The molecule has 0 aliphatic heterocycles. The molecule has 0 unspecified atom stereocenters. The first kappa shape index (κ1) is 22.6. The molecule has 0 saturated heterocycles. The molecule has 144 valence electrons. The predicted octanol–water partition coefficient (Wildman–Crippen LogP) is 2.86. The average molecular weight is 421 g/mol. The van der Waals surface area contributed by atoms with Gasteiger partial charge in [-0.25, -0.2) is 4.79 Å². The highest BCUT2D eigenvalue weighted by atomic mass is 35.5. The Morgan fingerprint density at radius 3 is 2.46 bits per heavy atom. The van der Waals surface area contributed by atoms with Crippen molar-refractivity contribution in [3.05, 3.63) is 33.8 Å². The Morgan fingerprint density at radius 2 is 1.92 bits per heavy atom. The number of carbonyl (C=O) groups excluding carboxylic acids is 3. The molecule has 0 radical (unpaired) electrons. The van der Waals surface area contributed by atoms with Crippen LogP contribution in [-0.4, -0.2) is 60.9 Å². The van der Waals surface area contributed by atoms with Gasteiger partial charge >= 0.3 is 5.97 Å². The second kappa shape index (κ2) is 10.6. The maximum atomic E-state index is 12.5. The van der Waals surface area contributed by atoms with E-state index in [1.807, 2.05) is 6.26 Å². The van der Waals surface area contributed by atoms with Gasteiger partial charge in [-0.3, -0.25) is 9.59 Å². The zero-order valence-corrected chi connectivity index (χ0v) is 17.4. The van der Waals surface area contributed by atoms with Crippen LogP contribution >= 0.6 is 35.0 Å². The number of hydrogen-bond acceptors (Lipinski definition) is 5. The van der Waals surface area contributed by atoms with Crippen molar-refractivity contribution in [1.29, 1.82) is 0 Å². The van der Waals surface area contributed by atoms with Gasteiger partial charge in [-0.1, -0.05) is 23.2 Å². The number of rotatable bonds is 8. The Labute approximate surface area is 167 Å². The SMILES string of the molecule is CSCC[C@H](NC(=O)c1ccc(Cl)cc1Cl)C(=O)O[C@H](C)C(=O)N(C)C. The van der Waals surface area contributed by atoms with Gasteiger partial charge in [0.2, 0.25) is 0 Å². The molecular weight excluding hydrogens is 399 g/mol. The standard InChI is InChI=1S/C17H22Cl2N2O4S/c1-10(16(23)21(2)3)25-17(24)14(7-8-26-4)20-15(22)12-6-5-11(18)9-13(12)19/h5-6,9-10,14H,7-8H2,1-4H3,(H,20,22)/t10-,14+/m1/s1. The molecule has 0 heterocycles. The molecule has 1 aromatic rings. The summed E-state index contributed by atoms with van der Waals surface area (Å²) >= 11 is 13.4. The number of amides is 2. The first-order chi connectivity index (χ1) is 12.2. The average Bonchev–Trinajstić information content (AvgIpc) is 2.57. The minimum Gasteiger partial charge on any atom is -0.451 e. The molecule has 1 aromatic carbocycles. The van der Waals surface area contributed by atoms with E-state index in [-0.39, 0.29) is 16.5 Å². The van der Waals surface area contributed by atoms with Crippen LogP contribution in [0.3, 0.4) is 0 Å². The molecule has 2 atom stereocenters. The smallest absolute Gasteiger partial charge is 0.329 e. The summed E-state index contributed by atoms with van der Waals surface area (Å²) in [6, 6.07) is 3.58. The Balaban J connectivity index is 2.86. The Bertz CT molecular complexity index is 670. The Kier molecular flexibility index (Phi) is 9.25. The molecule has 0 bridgehead atoms. The fourth-order valence-electron chi connectivity index (χ4n) is 2.06. The summed E-state index contributed by atoms with van der Waals surface area (Å²) in [7, 11) is 3.14. The van der Waals surface area contributed by atoms with Gasteiger partial charge in [0.25, 0.3) is 11.8 Å². The lowest BCUT2D eigenvalue weighted by molar-refractivity contribution is -0.159. The van der Waals surface area contributed by atoms with Crippen LogP contribution in [-0.2, 0) is 14.3 Å². The second-order valence-electron chi connectivity index (χ2n) is 5.74. The molecule has 6 nitrogen and oxygen atoms in total. The summed E-state index contributed by atoms with van der Waals surface area (Å²) < 4.78 is 5.21. The first-order valence-corrected chi connectivity index (χ1v) is 9.98. The highest BCUT2D eigenvalue weighted by Gasteiger charge is 2.27. The monoisotopic (exact) mass is 420 g/mol. The lowest BCUT2D eigenvalue weighted by Gasteiger charge is -2.22. The predicted molar refractivity (Wildman–Crippen MR) is 105 cm³/mol. The van der Waals surface area contributed by atoms with Crippen molar-refractivity contribution in [2.45, 2.75) is 25.5 Å². The second-order valence-corrected chi connectivity index (χ2v) is 7.57. The van der Waals surface area contributed by atoms with Crippen LogP contribution in [0.1, 0.15) is 23.7 Å². The molecule has 0 aliphatic rings. The van der Waals surface area contributed by atoms with Gasteiger partial charge in [0, 0.05) is 19.1 Å². The number of ether oxygens (including phenoxy) is 1. The number of esters is 1. The van der Waals surface area contributed by atoms with E-state index < -0.39 is 24.0 Å². The normalized spacial score (nSPS) is 12.8. The summed E-state index contributed by atoms with van der Waals surface area (Å²) in [5.41, 5.74) is 0.204. The molecule has 0 fully saturated rings. The summed E-state index contributed by atoms with van der Waals surface area (Å²) in [5.74, 6) is -0.889. The third-order valence-corrected chi connectivity index (χ3v) is 4.65. The highest BCUT2D eigenvalue weighted by molar-refractivity contribution is 7.98. The number of nitrogens with zero attached hydrogens (tertiary/aromatic N) is 1. The maximum Gasteiger partial charge on any atom is 0.329 e. The van der Waals surface area contributed by atoms with Crippen LogP contribution in [0.15, 0.2) is 18.2 Å². The zero-order valence-electron chi connectivity index (χ0n) is 15.0. The van der Waals surface area contributed by atoms with Gasteiger partial charge in [0.15, 0.2) is 6.10 Å². The molecule has 1 N–H and O–H groups in total. The van der Waals surface area contributed by atoms with E-state index >= 15 is 0 Å². The first-order valence-electron chi connectivity index (χ1n) is 7.83. The number of likely N-dealkylation sites (N-methyl/N-ethyl adjacent to an activating group) is 1. The molecule has 0 aliphatic carbocycles. The number of hydrogen-bond donors (Lipinski definition) is 1. The van der Waals surface area contributed by atoms with Crippen molar-refractivity contribution >= 4 is 52.7 Å². The molecule has 0 aromatic heterocycles. The van der Waals surface area contributed by atoms with E-state index in [4.69, 9.17) is 27.9 Å². The van der Waals surface area contributed by atoms with Gasteiger partial charge in [-0.15, -0.1) is 0 Å². The van der Waals surface area contributed by atoms with Crippen LogP contribution in [0.4, 0.5) is 0 Å². The van der Waals surface area contributed by atoms with Gasteiger partial charge < -0.3 is 15.0 Å². The molecular formula is C17H22Cl2N2O4S. The summed E-state index contributed by atoms with van der Waals surface area (Å²) in [6.45, 7) is 1.49. The van der Waals surface area contributed by atoms with Crippen molar-refractivity contribution in [3.63, 3.8) is 0 Å². The largest absolute Gasteiger partial charge is 0.451 e. The topological polar surface area (TPSA) is 75.7 Å². The van der Waals surface area contributed by atoms with Crippen LogP contribution in [0.25, 0.3) is 0 Å². The quantitative estimate of drug-likeness (QED) is 0.654. The van der Waals surface area contributed by atoms with E-state index in [9.17, 15) is 14.4 Å². The molecule has 0 saturated carbocycles. The minimum absolute atomic E-state index is 0.183. The van der Waals surface area contributed by atoms with E-state index in [1.165, 1.54) is 41.8 Å². The fourth-order valence-corrected chi connectivity index (χ4v) is 3.03. The van der Waals surface area contributed by atoms with Crippen LogP contribution in [0.2, 0.25) is 10.0 Å². The van der Waals surface area contributed by atoms with Crippen LogP contribution in [0.5, 0.6) is 0 Å². The highest BCUT2D eigenvalue weighted by Crippen LogP contribution is 2.21. The number of carbonyl (C=O) groups is 3. The van der Waals surface area contributed by atoms with Crippen molar-refractivity contribution in [2.24, 2.45) is 0 Å². The molecule has 2 amide bonds. The van der Waals surface area contributed by atoms with Crippen LogP contribution < -0.4 is 5.32 Å². The van der Waals surface area contributed by atoms with E-state index in [1.54, 1.807) is 14.1 Å². The number of thioether (sulfide) groups is 1. The molecule has 0 spiro atoms. The molecule has 1 rings (SSSR count). The lowest BCUT2D eigenvalue weighted by atomic mass is 10.1. The zero-order chi connectivity index (χ0) is 19.9. The minimum atomic E-state index is -0.940. The van der Waals surface area contributed by atoms with Crippen molar-refractivity contribution < 1.29 is 19.1 Å². The molecule has 26 heavy (non-hydrogen) atoms. The number of nitrogens with one attached hydrogen (secondary N) is 1. The molecule has 9 heteroatoms. The van der Waals surface area contributed by atoms with Gasteiger partial charge in [0.05, 0.1) is 10.6 Å². The van der Waals surface area contributed by atoms with Gasteiger partial charge in [0.1, 0.15) is 6.04 Å². The number of halogens is 2. The summed E-state index contributed by atoms with van der Waals surface area (Å²) in [6.07, 6.45) is 1.31. The number of benzene rings is 1. The summed E-state index contributed by atoms with van der Waals surface area (Å²) in [5, 5.41) is 3.21. The third kappa shape index (κ3) is 6.70. The third-order valence-electron chi connectivity index (χ3n) is 3.46.